The molecule has 1 aromatic carbocycles. The van der Waals surface area contributed by atoms with Gasteiger partial charge in [-0.2, -0.15) is 9.40 Å². The average molecular weight is 444 g/mol. The predicted octanol–water partition coefficient (Wildman–Crippen LogP) is 2.25. The Kier molecular flexibility index (Phi) is 5.84. The summed E-state index contributed by atoms with van der Waals surface area (Å²) in [5.41, 5.74) is 1.13. The average Bonchev–Trinajstić information content (AvgIpc) is 2.98. The maximum absolute atomic E-state index is 13.2. The highest BCUT2D eigenvalue weighted by molar-refractivity contribution is 7.89. The molecule has 8 nitrogen and oxygen atoms in total. The number of benzene rings is 1. The van der Waals surface area contributed by atoms with Gasteiger partial charge in [0, 0.05) is 32.4 Å². The Labute approximate surface area is 180 Å². The van der Waals surface area contributed by atoms with Crippen molar-refractivity contribution in [2.24, 2.45) is 0 Å². The highest BCUT2D eigenvalue weighted by Crippen LogP contribution is 2.20. The lowest BCUT2D eigenvalue weighted by molar-refractivity contribution is 0.0763. The molecule has 1 aliphatic rings. The second-order valence-corrected chi connectivity index (χ2v) is 9.19. The summed E-state index contributed by atoms with van der Waals surface area (Å²) in [6.07, 6.45) is 3.67. The predicted molar refractivity (Wildman–Crippen MR) is 112 cm³/mol. The molecule has 31 heavy (non-hydrogen) atoms. The molecule has 0 spiro atoms. The van der Waals surface area contributed by atoms with Crippen LogP contribution >= 0.6 is 0 Å². The van der Waals surface area contributed by atoms with E-state index in [1.807, 2.05) is 6.07 Å². The molecule has 0 saturated carbocycles. The Balaban J connectivity index is 1.50. The van der Waals surface area contributed by atoms with Gasteiger partial charge in [0.1, 0.15) is 5.82 Å². The van der Waals surface area contributed by atoms with Gasteiger partial charge >= 0.3 is 0 Å². The number of aromatic nitrogens is 3. The first-order valence-corrected chi connectivity index (χ1v) is 11.3. The number of hydrogen-bond donors (Lipinski definition) is 0. The zero-order valence-electron chi connectivity index (χ0n) is 17.0. The number of sulfonamides is 1. The molecule has 1 saturated heterocycles. The maximum Gasteiger partial charge on any atom is 0.257 e. The van der Waals surface area contributed by atoms with Gasteiger partial charge in [-0.15, -0.1) is 0 Å². The molecule has 0 aliphatic carbocycles. The minimum Gasteiger partial charge on any atom is -0.337 e. The number of amides is 1. The fraction of sp³-hybridized carbons (Fsp3) is 0.286. The lowest BCUT2D eigenvalue weighted by Gasteiger charge is -2.22. The van der Waals surface area contributed by atoms with E-state index < -0.39 is 15.8 Å². The highest BCUT2D eigenvalue weighted by atomic mass is 32.2. The van der Waals surface area contributed by atoms with Crippen molar-refractivity contribution in [1.29, 1.82) is 0 Å². The van der Waals surface area contributed by atoms with Crippen molar-refractivity contribution in [2.45, 2.75) is 18.2 Å². The van der Waals surface area contributed by atoms with Gasteiger partial charge in [0.15, 0.2) is 5.82 Å². The first-order chi connectivity index (χ1) is 14.9. The van der Waals surface area contributed by atoms with Gasteiger partial charge in [-0.25, -0.2) is 22.5 Å². The van der Waals surface area contributed by atoms with Crippen LogP contribution in [0.3, 0.4) is 0 Å². The molecule has 3 heterocycles. The van der Waals surface area contributed by atoms with E-state index in [-0.39, 0.29) is 30.4 Å². The van der Waals surface area contributed by atoms with Gasteiger partial charge in [0.05, 0.1) is 22.3 Å². The van der Waals surface area contributed by atoms with Crippen LogP contribution in [0.25, 0.3) is 5.82 Å². The number of carbonyl (C=O) groups excluding carboxylic acids is 1. The molecule has 162 valence electrons. The van der Waals surface area contributed by atoms with Gasteiger partial charge in [0.2, 0.25) is 10.0 Å². The molecule has 0 radical (unpaired) electrons. The fourth-order valence-corrected chi connectivity index (χ4v) is 5.06. The lowest BCUT2D eigenvalue weighted by Crippen LogP contribution is -2.37. The van der Waals surface area contributed by atoms with Gasteiger partial charge in [-0.05, 0) is 49.7 Å². The van der Waals surface area contributed by atoms with Crippen molar-refractivity contribution < 1.29 is 17.6 Å². The van der Waals surface area contributed by atoms with Crippen molar-refractivity contribution >= 4 is 15.9 Å². The number of halogens is 1. The maximum atomic E-state index is 13.2. The molecule has 0 bridgehead atoms. The third kappa shape index (κ3) is 4.21. The molecule has 2 aromatic heterocycles. The van der Waals surface area contributed by atoms with Crippen molar-refractivity contribution in [3.05, 3.63) is 71.9 Å². The van der Waals surface area contributed by atoms with Crippen LogP contribution < -0.4 is 0 Å². The van der Waals surface area contributed by atoms with Crippen molar-refractivity contribution in [3.63, 3.8) is 0 Å². The summed E-state index contributed by atoms with van der Waals surface area (Å²) in [7, 11) is -3.75. The van der Waals surface area contributed by atoms with Crippen LogP contribution in [0.2, 0.25) is 0 Å². The van der Waals surface area contributed by atoms with E-state index in [1.54, 1.807) is 34.8 Å². The molecule has 0 N–H and O–H groups in total. The normalized spacial score (nSPS) is 15.6. The first-order valence-electron chi connectivity index (χ1n) is 9.89. The molecular weight excluding hydrogens is 421 g/mol. The molecule has 1 fully saturated rings. The van der Waals surface area contributed by atoms with Gasteiger partial charge in [-0.3, -0.25) is 4.79 Å². The number of pyridine rings is 1. The van der Waals surface area contributed by atoms with Crippen LogP contribution in [0.4, 0.5) is 4.39 Å². The Bertz CT molecular complexity index is 1180. The van der Waals surface area contributed by atoms with Crippen molar-refractivity contribution in [1.82, 2.24) is 24.0 Å². The number of nitrogens with zero attached hydrogens (tertiary/aromatic N) is 5. The van der Waals surface area contributed by atoms with E-state index in [4.69, 9.17) is 0 Å². The SMILES string of the molecule is Cc1c(C(=O)N2CCCN(S(=O)(=O)c3ccc(F)cc3)CC2)cnn1-c1ccccn1. The van der Waals surface area contributed by atoms with E-state index in [1.165, 1.54) is 22.6 Å². The van der Waals surface area contributed by atoms with Gasteiger partial charge in [-0.1, -0.05) is 6.07 Å². The topological polar surface area (TPSA) is 88.4 Å². The minimum absolute atomic E-state index is 0.0427. The summed E-state index contributed by atoms with van der Waals surface area (Å²) in [5.74, 6) is -0.0691. The Morgan fingerprint density at radius 1 is 1.03 bits per heavy atom. The van der Waals surface area contributed by atoms with E-state index in [0.29, 0.717) is 30.0 Å². The second kappa shape index (κ2) is 8.56. The molecule has 4 rings (SSSR count). The number of carbonyl (C=O) groups is 1. The third-order valence-electron chi connectivity index (χ3n) is 5.30. The summed E-state index contributed by atoms with van der Waals surface area (Å²) >= 11 is 0. The van der Waals surface area contributed by atoms with Gasteiger partial charge in [0.25, 0.3) is 5.91 Å². The van der Waals surface area contributed by atoms with Crippen molar-refractivity contribution in [3.8, 4) is 5.82 Å². The Morgan fingerprint density at radius 2 is 1.81 bits per heavy atom. The Morgan fingerprint density at radius 3 is 2.52 bits per heavy atom. The zero-order chi connectivity index (χ0) is 22.0. The summed E-state index contributed by atoms with van der Waals surface area (Å²) in [6, 6.07) is 10.2. The van der Waals surface area contributed by atoms with Crippen LogP contribution in [-0.2, 0) is 10.0 Å². The molecule has 1 aliphatic heterocycles. The summed E-state index contributed by atoms with van der Waals surface area (Å²) in [5, 5.41) is 4.30. The van der Waals surface area contributed by atoms with E-state index in [0.717, 1.165) is 12.1 Å². The molecule has 0 unspecified atom stereocenters. The molecule has 3 aromatic rings. The van der Waals surface area contributed by atoms with E-state index in [2.05, 4.69) is 10.1 Å². The fourth-order valence-electron chi connectivity index (χ4n) is 3.59. The third-order valence-corrected chi connectivity index (χ3v) is 7.21. The molecule has 10 heteroatoms. The quantitative estimate of drug-likeness (QED) is 0.617. The molecule has 0 atom stereocenters. The summed E-state index contributed by atoms with van der Waals surface area (Å²) in [4.78, 5) is 19.1. The van der Waals surface area contributed by atoms with Crippen LogP contribution in [0.1, 0.15) is 22.5 Å². The Hall–Kier alpha value is -3.11. The largest absolute Gasteiger partial charge is 0.337 e. The summed E-state index contributed by atoms with van der Waals surface area (Å²) < 4.78 is 41.9. The second-order valence-electron chi connectivity index (χ2n) is 7.25. The smallest absolute Gasteiger partial charge is 0.257 e. The van der Waals surface area contributed by atoms with Crippen LogP contribution in [0, 0.1) is 12.7 Å². The van der Waals surface area contributed by atoms with E-state index >= 15 is 0 Å². The van der Waals surface area contributed by atoms with Crippen LogP contribution in [0.5, 0.6) is 0 Å². The van der Waals surface area contributed by atoms with Crippen LogP contribution in [0.15, 0.2) is 59.8 Å². The summed E-state index contributed by atoms with van der Waals surface area (Å²) in [6.45, 7) is 2.95. The lowest BCUT2D eigenvalue weighted by atomic mass is 10.2. The monoisotopic (exact) mass is 443 g/mol. The number of hydrogen-bond acceptors (Lipinski definition) is 5. The first kappa shape index (κ1) is 21.1. The minimum atomic E-state index is -3.75. The number of rotatable bonds is 4. The molecule has 1 amide bonds. The van der Waals surface area contributed by atoms with Crippen molar-refractivity contribution in [2.75, 3.05) is 26.2 Å². The van der Waals surface area contributed by atoms with Crippen LogP contribution in [-0.4, -0.2) is 64.5 Å². The zero-order valence-corrected chi connectivity index (χ0v) is 17.8. The van der Waals surface area contributed by atoms with E-state index in [9.17, 15) is 17.6 Å². The standard InChI is InChI=1S/C21H22FN5O3S/c1-16-19(15-24-27(16)20-5-2-3-10-23-20)21(28)25-11-4-12-26(14-13-25)31(29,30)18-8-6-17(22)7-9-18/h2-3,5-10,15H,4,11-14H2,1H3. The highest BCUT2D eigenvalue weighted by Gasteiger charge is 2.29. The molecular formula is C21H22FN5O3S. The van der Waals surface area contributed by atoms with Gasteiger partial charge < -0.3 is 4.90 Å².